The van der Waals surface area contributed by atoms with E-state index in [0.29, 0.717) is 12.1 Å². The van der Waals surface area contributed by atoms with E-state index >= 15 is 0 Å². The summed E-state index contributed by atoms with van der Waals surface area (Å²) in [5, 5.41) is 18.7. The summed E-state index contributed by atoms with van der Waals surface area (Å²) in [5.41, 5.74) is 1.40. The molecule has 0 saturated carbocycles. The Balaban J connectivity index is 1.84. The van der Waals surface area contributed by atoms with Crippen LogP contribution >= 0.6 is 0 Å². The van der Waals surface area contributed by atoms with Crippen molar-refractivity contribution in [2.75, 3.05) is 6.54 Å². The molecule has 3 rings (SSSR count). The Labute approximate surface area is 126 Å². The molecule has 0 fully saturated rings. The number of benzene rings is 2. The first-order valence-electron chi connectivity index (χ1n) is 6.87. The lowest BCUT2D eigenvalue weighted by atomic mass is 9.88. The zero-order chi connectivity index (χ0) is 15.5. The van der Waals surface area contributed by atoms with Crippen LogP contribution in [0.4, 0.5) is 5.69 Å². The molecule has 0 aromatic heterocycles. The molecular weight excluding hydrogens is 282 g/mol. The normalized spacial score (nSPS) is 20.0. The van der Waals surface area contributed by atoms with Gasteiger partial charge in [0.2, 0.25) is 0 Å². The van der Waals surface area contributed by atoms with E-state index in [1.54, 1.807) is 0 Å². The smallest absolute Gasteiger partial charge is 0.269 e. The monoisotopic (exact) mass is 295 g/mol. The van der Waals surface area contributed by atoms with E-state index in [0.717, 1.165) is 5.56 Å². The average Bonchev–Trinajstić information content (AvgIpc) is 3.04. The summed E-state index contributed by atoms with van der Waals surface area (Å²) >= 11 is 0. The summed E-state index contributed by atoms with van der Waals surface area (Å²) in [6.07, 6.45) is 0. The minimum absolute atomic E-state index is 0.0378. The van der Waals surface area contributed by atoms with Crippen molar-refractivity contribution in [3.8, 4) is 0 Å². The van der Waals surface area contributed by atoms with Gasteiger partial charge >= 0.3 is 0 Å². The van der Waals surface area contributed by atoms with E-state index in [1.165, 1.54) is 24.3 Å². The highest BCUT2D eigenvalue weighted by atomic mass is 16.6. The number of nitro groups is 1. The van der Waals surface area contributed by atoms with E-state index < -0.39 is 11.0 Å². The Hall–Kier alpha value is -2.89. The van der Waals surface area contributed by atoms with E-state index in [9.17, 15) is 14.9 Å². The van der Waals surface area contributed by atoms with Gasteiger partial charge in [0.15, 0.2) is 5.78 Å². The van der Waals surface area contributed by atoms with Crippen LogP contribution in [-0.4, -0.2) is 23.3 Å². The Morgan fingerprint density at radius 2 is 1.77 bits per heavy atom. The van der Waals surface area contributed by atoms with Crippen molar-refractivity contribution in [3.63, 3.8) is 0 Å². The topological polar surface area (TPSA) is 84.9 Å². The first kappa shape index (κ1) is 14.1. The van der Waals surface area contributed by atoms with Crippen molar-refractivity contribution in [1.82, 2.24) is 0 Å². The molecule has 0 N–H and O–H groups in total. The van der Waals surface area contributed by atoms with Gasteiger partial charge in [-0.25, -0.2) is 0 Å². The molecule has 1 aliphatic heterocycles. The van der Waals surface area contributed by atoms with Crippen molar-refractivity contribution in [1.29, 1.82) is 0 Å². The predicted molar refractivity (Wildman–Crippen MR) is 80.1 cm³/mol. The Bertz CT molecular complexity index is 726. The van der Waals surface area contributed by atoms with Gasteiger partial charge in [0, 0.05) is 23.6 Å². The molecule has 6 heteroatoms. The van der Waals surface area contributed by atoms with Crippen LogP contribution in [0.1, 0.15) is 21.8 Å². The fourth-order valence-electron chi connectivity index (χ4n) is 2.54. The molecule has 22 heavy (non-hydrogen) atoms. The van der Waals surface area contributed by atoms with Crippen molar-refractivity contribution in [2.45, 2.75) is 12.0 Å². The minimum Gasteiger partial charge on any atom is -0.292 e. The van der Waals surface area contributed by atoms with Gasteiger partial charge in [0.25, 0.3) is 5.69 Å². The van der Waals surface area contributed by atoms with Crippen LogP contribution in [0, 0.1) is 10.1 Å². The first-order chi connectivity index (χ1) is 10.7. The Morgan fingerprint density at radius 3 is 2.41 bits per heavy atom. The van der Waals surface area contributed by atoms with Gasteiger partial charge in [0.05, 0.1) is 11.5 Å². The van der Waals surface area contributed by atoms with Crippen molar-refractivity contribution >= 4 is 11.5 Å². The van der Waals surface area contributed by atoms with Crippen molar-refractivity contribution in [2.24, 2.45) is 10.2 Å². The molecular formula is C16H13N3O3. The summed E-state index contributed by atoms with van der Waals surface area (Å²) in [7, 11) is 0. The van der Waals surface area contributed by atoms with Gasteiger partial charge in [-0.2, -0.15) is 10.2 Å². The van der Waals surface area contributed by atoms with E-state index in [2.05, 4.69) is 10.2 Å². The number of Topliss-reactive ketones (excluding diaryl/α,β-unsaturated/α-hetero) is 1. The summed E-state index contributed by atoms with van der Waals surface area (Å²) in [6, 6.07) is 14.7. The van der Waals surface area contributed by atoms with E-state index in [1.807, 2.05) is 30.3 Å². The van der Waals surface area contributed by atoms with Gasteiger partial charge < -0.3 is 0 Å². The molecule has 2 aromatic rings. The molecule has 110 valence electrons. The molecule has 1 aliphatic rings. The van der Waals surface area contributed by atoms with E-state index in [-0.39, 0.29) is 17.4 Å². The molecule has 0 bridgehead atoms. The lowest BCUT2D eigenvalue weighted by Crippen LogP contribution is -2.24. The maximum absolute atomic E-state index is 12.6. The first-order valence-corrected chi connectivity index (χ1v) is 6.87. The molecule has 0 radical (unpaired) electrons. The Kier molecular flexibility index (Phi) is 3.74. The van der Waals surface area contributed by atoms with Gasteiger partial charge in [-0.1, -0.05) is 30.3 Å². The standard InChI is InChI=1S/C16H13N3O3/c20-16(12-6-8-13(9-7-12)19(21)22)15-14(10-17-18-15)11-4-2-1-3-5-11/h1-9,14-15H,10H2/t14-,15-/m0/s1. The number of nitrogens with zero attached hydrogens (tertiary/aromatic N) is 3. The molecule has 0 saturated heterocycles. The van der Waals surface area contributed by atoms with Crippen LogP contribution in [0.5, 0.6) is 0 Å². The summed E-state index contributed by atoms with van der Waals surface area (Å²) in [5.74, 6) is -0.242. The minimum atomic E-state index is -0.566. The highest BCUT2D eigenvalue weighted by molar-refractivity contribution is 6.01. The SMILES string of the molecule is O=C(c1ccc([N+](=O)[O-])cc1)[C@H]1N=NC[C@H]1c1ccccc1. The molecule has 2 atom stereocenters. The van der Waals surface area contributed by atoms with Gasteiger partial charge in [-0.05, 0) is 17.7 Å². The number of carbonyl (C=O) groups is 1. The summed E-state index contributed by atoms with van der Waals surface area (Å²) in [6.45, 7) is 0.480. The molecule has 1 heterocycles. The quantitative estimate of drug-likeness (QED) is 0.492. The maximum Gasteiger partial charge on any atom is 0.269 e. The zero-order valence-corrected chi connectivity index (χ0v) is 11.6. The lowest BCUT2D eigenvalue weighted by molar-refractivity contribution is -0.384. The number of non-ortho nitro benzene ring substituents is 1. The predicted octanol–water partition coefficient (Wildman–Crippen LogP) is 3.40. The fourth-order valence-corrected chi connectivity index (χ4v) is 2.54. The number of ketones is 1. The summed E-state index contributed by atoms with van der Waals surface area (Å²) < 4.78 is 0. The van der Waals surface area contributed by atoms with Crippen LogP contribution in [-0.2, 0) is 0 Å². The second-order valence-corrected chi connectivity index (χ2v) is 5.07. The molecule has 0 aliphatic carbocycles. The third-order valence-electron chi connectivity index (χ3n) is 3.72. The largest absolute Gasteiger partial charge is 0.292 e. The number of nitro benzene ring substituents is 1. The third kappa shape index (κ3) is 2.63. The summed E-state index contributed by atoms with van der Waals surface area (Å²) in [4.78, 5) is 22.8. The number of hydrogen-bond donors (Lipinski definition) is 0. The third-order valence-corrected chi connectivity index (χ3v) is 3.72. The molecule has 2 aromatic carbocycles. The number of carbonyl (C=O) groups excluding carboxylic acids is 1. The second-order valence-electron chi connectivity index (χ2n) is 5.07. The lowest BCUT2D eigenvalue weighted by Gasteiger charge is -2.15. The number of azo groups is 1. The molecule has 0 spiro atoms. The maximum atomic E-state index is 12.6. The van der Waals surface area contributed by atoms with Crippen LogP contribution < -0.4 is 0 Å². The number of hydrogen-bond acceptors (Lipinski definition) is 5. The van der Waals surface area contributed by atoms with Crippen molar-refractivity contribution < 1.29 is 9.72 Å². The van der Waals surface area contributed by atoms with Crippen LogP contribution in [0.25, 0.3) is 0 Å². The molecule has 0 unspecified atom stereocenters. The highest BCUT2D eigenvalue weighted by Crippen LogP contribution is 2.30. The van der Waals surface area contributed by atoms with Gasteiger partial charge in [0.1, 0.15) is 6.04 Å². The van der Waals surface area contributed by atoms with Gasteiger partial charge in [-0.15, -0.1) is 0 Å². The molecule has 6 nitrogen and oxygen atoms in total. The van der Waals surface area contributed by atoms with Crippen molar-refractivity contribution in [3.05, 3.63) is 75.8 Å². The fraction of sp³-hybridized carbons (Fsp3) is 0.188. The second kappa shape index (κ2) is 5.85. The average molecular weight is 295 g/mol. The molecule has 0 amide bonds. The number of rotatable bonds is 4. The van der Waals surface area contributed by atoms with Crippen LogP contribution in [0.2, 0.25) is 0 Å². The van der Waals surface area contributed by atoms with Crippen LogP contribution in [0.15, 0.2) is 64.8 Å². The van der Waals surface area contributed by atoms with Crippen LogP contribution in [0.3, 0.4) is 0 Å². The Morgan fingerprint density at radius 1 is 1.09 bits per heavy atom. The highest BCUT2D eigenvalue weighted by Gasteiger charge is 2.33. The van der Waals surface area contributed by atoms with Gasteiger partial charge in [-0.3, -0.25) is 14.9 Å². The zero-order valence-electron chi connectivity index (χ0n) is 11.6. The van der Waals surface area contributed by atoms with E-state index in [4.69, 9.17) is 0 Å².